The number of aromatic nitrogens is 2. The van der Waals surface area contributed by atoms with Gasteiger partial charge in [0.25, 0.3) is 5.91 Å². The largest absolute Gasteiger partial charge is 0.335 e. The lowest BCUT2D eigenvalue weighted by atomic mass is 10.1. The number of nitrogens with one attached hydrogen (secondary N) is 1. The number of carbonyl (C=O) groups excluding carboxylic acids is 1. The molecule has 25 heavy (non-hydrogen) atoms. The minimum Gasteiger partial charge on any atom is -0.335 e. The van der Waals surface area contributed by atoms with Gasteiger partial charge in [0.2, 0.25) is 0 Å². The van der Waals surface area contributed by atoms with E-state index in [1.165, 1.54) is 6.07 Å². The summed E-state index contributed by atoms with van der Waals surface area (Å²) in [5.74, 6) is -1.87. The van der Waals surface area contributed by atoms with Crippen molar-refractivity contribution < 1.29 is 13.6 Å². The number of amides is 1. The molecule has 8 heteroatoms. The number of rotatable bonds is 2. The monoisotopic (exact) mass is 368 g/mol. The van der Waals surface area contributed by atoms with E-state index in [0.29, 0.717) is 24.5 Å². The second-order valence-electron chi connectivity index (χ2n) is 6.18. The van der Waals surface area contributed by atoms with Crippen LogP contribution in [-0.4, -0.2) is 46.8 Å². The summed E-state index contributed by atoms with van der Waals surface area (Å²) in [6.45, 7) is 2.87. The van der Waals surface area contributed by atoms with E-state index in [1.807, 2.05) is 0 Å². The Morgan fingerprint density at radius 2 is 1.88 bits per heavy atom. The number of hydrogen-bond donors (Lipinski definition) is 1. The van der Waals surface area contributed by atoms with Gasteiger partial charge in [0.15, 0.2) is 17.3 Å². The fraction of sp³-hybridized carbons (Fsp3) is 0.412. The van der Waals surface area contributed by atoms with Crippen LogP contribution in [0, 0.1) is 11.6 Å². The van der Waals surface area contributed by atoms with Gasteiger partial charge in [0, 0.05) is 43.5 Å². The van der Waals surface area contributed by atoms with Crippen molar-refractivity contribution in [2.75, 3.05) is 26.2 Å². The Hall–Kier alpha value is -1.99. The average molecular weight is 369 g/mol. The molecule has 1 aromatic heterocycles. The van der Waals surface area contributed by atoms with Gasteiger partial charge in [0.05, 0.1) is 5.69 Å². The van der Waals surface area contributed by atoms with Crippen molar-refractivity contribution >= 4 is 18.3 Å². The highest BCUT2D eigenvalue weighted by Crippen LogP contribution is 2.29. The van der Waals surface area contributed by atoms with E-state index in [2.05, 4.69) is 10.4 Å². The van der Waals surface area contributed by atoms with E-state index in [4.69, 9.17) is 0 Å². The molecule has 5 nitrogen and oxygen atoms in total. The first-order valence-corrected chi connectivity index (χ1v) is 8.21. The maximum absolute atomic E-state index is 13.6. The summed E-state index contributed by atoms with van der Waals surface area (Å²) in [7, 11) is 0. The van der Waals surface area contributed by atoms with Gasteiger partial charge in [-0.2, -0.15) is 5.10 Å². The standard InChI is InChI=1S/C17H18F2N4O.ClH/c18-13-5-4-11(10-14(13)19)23-15-3-1-2-12(15)16(21-23)17(24)22-8-6-20-7-9-22;/h4-5,10,20H,1-3,6-9H2;1H. The normalized spacial score (nSPS) is 16.5. The molecule has 2 heterocycles. The number of hydrogen-bond acceptors (Lipinski definition) is 3. The molecule has 0 bridgehead atoms. The lowest BCUT2D eigenvalue weighted by molar-refractivity contribution is 0.0728. The zero-order chi connectivity index (χ0) is 16.7. The molecular weight excluding hydrogens is 350 g/mol. The minimum absolute atomic E-state index is 0. The molecule has 1 amide bonds. The second-order valence-corrected chi connectivity index (χ2v) is 6.18. The van der Waals surface area contributed by atoms with Gasteiger partial charge >= 0.3 is 0 Å². The van der Waals surface area contributed by atoms with Crippen molar-refractivity contribution in [2.45, 2.75) is 19.3 Å². The molecule has 134 valence electrons. The molecule has 1 aliphatic carbocycles. The third-order valence-corrected chi connectivity index (χ3v) is 4.68. The van der Waals surface area contributed by atoms with Crippen LogP contribution in [0.25, 0.3) is 5.69 Å². The third-order valence-electron chi connectivity index (χ3n) is 4.68. The van der Waals surface area contributed by atoms with Crippen molar-refractivity contribution in [1.82, 2.24) is 20.0 Å². The predicted octanol–water partition coefficient (Wildman–Crippen LogP) is 2.11. The summed E-state index contributed by atoms with van der Waals surface area (Å²) in [6, 6.07) is 3.70. The lowest BCUT2D eigenvalue weighted by Crippen LogP contribution is -2.46. The van der Waals surface area contributed by atoms with Crippen LogP contribution < -0.4 is 5.32 Å². The van der Waals surface area contributed by atoms with Crippen molar-refractivity contribution in [3.05, 3.63) is 46.8 Å². The van der Waals surface area contributed by atoms with Crippen molar-refractivity contribution in [3.8, 4) is 5.69 Å². The maximum atomic E-state index is 13.6. The van der Waals surface area contributed by atoms with Gasteiger partial charge in [-0.15, -0.1) is 12.4 Å². The van der Waals surface area contributed by atoms with Crippen molar-refractivity contribution in [1.29, 1.82) is 0 Å². The van der Waals surface area contributed by atoms with Crippen LogP contribution in [-0.2, 0) is 12.8 Å². The summed E-state index contributed by atoms with van der Waals surface area (Å²) in [5.41, 5.74) is 2.78. The molecule has 0 saturated carbocycles. The van der Waals surface area contributed by atoms with Crippen LogP contribution in [0.15, 0.2) is 18.2 Å². The Bertz CT molecular complexity index is 802. The molecule has 4 rings (SSSR count). The molecule has 2 aliphatic rings. The second kappa shape index (κ2) is 7.09. The van der Waals surface area contributed by atoms with E-state index in [-0.39, 0.29) is 18.3 Å². The molecule has 1 saturated heterocycles. The molecule has 0 spiro atoms. The number of benzene rings is 1. The SMILES string of the molecule is Cl.O=C(c1nn(-c2ccc(F)c(F)c2)c2c1CCC2)N1CCNCC1. The van der Waals surface area contributed by atoms with Crippen molar-refractivity contribution in [3.63, 3.8) is 0 Å². The van der Waals surface area contributed by atoms with Crippen LogP contribution in [0.5, 0.6) is 0 Å². The molecule has 0 radical (unpaired) electrons. The maximum Gasteiger partial charge on any atom is 0.274 e. The summed E-state index contributed by atoms with van der Waals surface area (Å²) < 4.78 is 28.4. The van der Waals surface area contributed by atoms with Crippen molar-refractivity contribution in [2.24, 2.45) is 0 Å². The first kappa shape index (κ1) is 17.8. The highest BCUT2D eigenvalue weighted by molar-refractivity contribution is 5.94. The summed E-state index contributed by atoms with van der Waals surface area (Å²) >= 11 is 0. The fourth-order valence-electron chi connectivity index (χ4n) is 3.46. The molecule has 1 N–H and O–H groups in total. The predicted molar refractivity (Wildman–Crippen MR) is 91.5 cm³/mol. The van der Waals surface area contributed by atoms with Crippen LogP contribution in [0.2, 0.25) is 0 Å². The van der Waals surface area contributed by atoms with Gasteiger partial charge in [-0.1, -0.05) is 0 Å². The van der Waals surface area contributed by atoms with E-state index in [1.54, 1.807) is 9.58 Å². The number of halogens is 3. The summed E-state index contributed by atoms with van der Waals surface area (Å²) in [4.78, 5) is 14.6. The Morgan fingerprint density at radius 3 is 2.60 bits per heavy atom. The first-order valence-electron chi connectivity index (χ1n) is 8.21. The highest BCUT2D eigenvalue weighted by atomic mass is 35.5. The topological polar surface area (TPSA) is 50.2 Å². The van der Waals surface area contributed by atoms with Crippen LogP contribution >= 0.6 is 12.4 Å². The summed E-state index contributed by atoms with van der Waals surface area (Å²) in [5, 5.41) is 7.68. The summed E-state index contributed by atoms with van der Waals surface area (Å²) in [6.07, 6.45) is 2.53. The molecule has 2 aromatic rings. The Balaban J connectivity index is 0.00000182. The minimum atomic E-state index is -0.912. The molecule has 1 fully saturated rings. The van der Waals surface area contributed by atoms with Crippen LogP contribution in [0.3, 0.4) is 0 Å². The smallest absolute Gasteiger partial charge is 0.274 e. The van der Waals surface area contributed by atoms with Crippen LogP contribution in [0.1, 0.15) is 28.2 Å². The number of carbonyl (C=O) groups is 1. The first-order chi connectivity index (χ1) is 11.6. The van der Waals surface area contributed by atoms with E-state index in [9.17, 15) is 13.6 Å². The van der Waals surface area contributed by atoms with E-state index < -0.39 is 11.6 Å². The average Bonchev–Trinajstić information content (AvgIpc) is 3.20. The van der Waals surface area contributed by atoms with E-state index in [0.717, 1.165) is 55.7 Å². The quantitative estimate of drug-likeness (QED) is 0.883. The molecule has 1 aromatic carbocycles. The fourth-order valence-corrected chi connectivity index (χ4v) is 3.46. The lowest BCUT2D eigenvalue weighted by Gasteiger charge is -2.26. The van der Waals surface area contributed by atoms with Gasteiger partial charge in [0.1, 0.15) is 0 Å². The third kappa shape index (κ3) is 3.14. The molecular formula is C17H19ClF2N4O. The number of piperazine rings is 1. The zero-order valence-electron chi connectivity index (χ0n) is 13.6. The van der Waals surface area contributed by atoms with Gasteiger partial charge in [-0.3, -0.25) is 4.79 Å². The van der Waals surface area contributed by atoms with E-state index >= 15 is 0 Å². The zero-order valence-corrected chi connectivity index (χ0v) is 14.4. The number of nitrogens with zero attached hydrogens (tertiary/aromatic N) is 3. The Kier molecular flexibility index (Phi) is 5.06. The van der Waals surface area contributed by atoms with Gasteiger partial charge < -0.3 is 10.2 Å². The van der Waals surface area contributed by atoms with Crippen LogP contribution in [0.4, 0.5) is 8.78 Å². The molecule has 0 unspecified atom stereocenters. The number of fused-ring (bicyclic) bond motifs is 1. The van der Waals surface area contributed by atoms with Gasteiger partial charge in [-0.05, 0) is 31.4 Å². The van der Waals surface area contributed by atoms with Gasteiger partial charge in [-0.25, -0.2) is 13.5 Å². The molecule has 0 atom stereocenters. The Morgan fingerprint density at radius 1 is 1.12 bits per heavy atom. The Labute approximate surface area is 150 Å². The highest BCUT2D eigenvalue weighted by Gasteiger charge is 2.30. The molecule has 1 aliphatic heterocycles.